The van der Waals surface area contributed by atoms with Gasteiger partial charge in [0.1, 0.15) is 13.2 Å². The fourth-order valence-electron chi connectivity index (χ4n) is 2.92. The first-order valence-electron chi connectivity index (χ1n) is 8.28. The van der Waals surface area contributed by atoms with Gasteiger partial charge >= 0.3 is 0 Å². The molecule has 0 saturated carbocycles. The van der Waals surface area contributed by atoms with Crippen LogP contribution in [0.25, 0.3) is 0 Å². The molecule has 1 heterocycles. The number of fused-ring (bicyclic) bond motifs is 1. The van der Waals surface area contributed by atoms with Crippen LogP contribution in [0.2, 0.25) is 0 Å². The summed E-state index contributed by atoms with van der Waals surface area (Å²) in [6, 6.07) is 11.9. The highest BCUT2D eigenvalue weighted by atomic mass is 16.6. The summed E-state index contributed by atoms with van der Waals surface area (Å²) in [7, 11) is 0. The van der Waals surface area contributed by atoms with E-state index in [0.717, 1.165) is 28.2 Å². The topological polar surface area (TPSA) is 47.6 Å². The molecule has 1 amide bonds. The predicted octanol–water partition coefficient (Wildman–Crippen LogP) is 3.49. The highest BCUT2D eigenvalue weighted by Gasteiger charge is 2.16. The molecular formula is C20H23NO3. The van der Waals surface area contributed by atoms with Crippen LogP contribution in [0.1, 0.15) is 35.2 Å². The Labute approximate surface area is 142 Å². The van der Waals surface area contributed by atoms with Crippen molar-refractivity contribution in [2.75, 3.05) is 13.2 Å². The number of hydrogen-bond acceptors (Lipinski definition) is 3. The number of rotatable bonds is 4. The maximum absolute atomic E-state index is 12.4. The van der Waals surface area contributed by atoms with Gasteiger partial charge in [0.05, 0.1) is 12.5 Å². The van der Waals surface area contributed by atoms with E-state index in [1.54, 1.807) is 0 Å². The maximum atomic E-state index is 12.4. The van der Waals surface area contributed by atoms with Crippen molar-refractivity contribution in [2.45, 2.75) is 33.2 Å². The summed E-state index contributed by atoms with van der Waals surface area (Å²) < 4.78 is 11.1. The number of benzene rings is 2. The average molecular weight is 325 g/mol. The van der Waals surface area contributed by atoms with Crippen molar-refractivity contribution in [1.29, 1.82) is 0 Å². The standard InChI is InChI=1S/C20H23NO3/c1-13-4-5-16(14(2)10-13)12-20(22)21-15(3)17-6-7-18-19(11-17)24-9-8-23-18/h4-7,10-11,15H,8-9,12H2,1-3H3,(H,21,22). The minimum atomic E-state index is -0.0842. The van der Waals surface area contributed by atoms with Gasteiger partial charge in [-0.2, -0.15) is 0 Å². The van der Waals surface area contributed by atoms with Gasteiger partial charge in [0, 0.05) is 0 Å². The second kappa shape index (κ2) is 6.95. The van der Waals surface area contributed by atoms with E-state index < -0.39 is 0 Å². The first-order valence-corrected chi connectivity index (χ1v) is 8.28. The summed E-state index contributed by atoms with van der Waals surface area (Å²) in [5.74, 6) is 1.53. The van der Waals surface area contributed by atoms with Crippen molar-refractivity contribution >= 4 is 5.91 Å². The molecule has 1 aliphatic rings. The minimum absolute atomic E-state index is 0.0179. The third-order valence-electron chi connectivity index (χ3n) is 4.29. The normalized spacial score (nSPS) is 14.1. The SMILES string of the molecule is Cc1ccc(CC(=O)NC(C)c2ccc3c(c2)OCCO3)c(C)c1. The second-order valence-electron chi connectivity index (χ2n) is 6.30. The molecule has 0 saturated heterocycles. The second-order valence-corrected chi connectivity index (χ2v) is 6.30. The predicted molar refractivity (Wildman–Crippen MR) is 93.6 cm³/mol. The van der Waals surface area contributed by atoms with Gasteiger partial charge in [-0.15, -0.1) is 0 Å². The smallest absolute Gasteiger partial charge is 0.224 e. The Balaban J connectivity index is 1.65. The third kappa shape index (κ3) is 3.70. The summed E-state index contributed by atoms with van der Waals surface area (Å²) in [4.78, 5) is 12.4. The summed E-state index contributed by atoms with van der Waals surface area (Å²) in [5.41, 5.74) is 4.43. The highest BCUT2D eigenvalue weighted by Crippen LogP contribution is 2.32. The summed E-state index contributed by atoms with van der Waals surface area (Å²) in [5, 5.41) is 3.06. The monoisotopic (exact) mass is 325 g/mol. The Morgan fingerprint density at radius 2 is 1.83 bits per heavy atom. The lowest BCUT2D eigenvalue weighted by atomic mass is 10.0. The maximum Gasteiger partial charge on any atom is 0.224 e. The van der Waals surface area contributed by atoms with E-state index in [0.29, 0.717) is 19.6 Å². The van der Waals surface area contributed by atoms with Crippen molar-refractivity contribution in [3.8, 4) is 11.5 Å². The van der Waals surface area contributed by atoms with E-state index in [-0.39, 0.29) is 11.9 Å². The fraction of sp³-hybridized carbons (Fsp3) is 0.350. The molecule has 126 valence electrons. The number of aryl methyl sites for hydroxylation is 2. The van der Waals surface area contributed by atoms with Gasteiger partial charge in [-0.1, -0.05) is 29.8 Å². The molecule has 4 heteroatoms. The molecule has 1 unspecified atom stereocenters. The van der Waals surface area contributed by atoms with E-state index in [1.807, 2.05) is 44.2 Å². The summed E-state index contributed by atoms with van der Waals surface area (Å²) in [6.07, 6.45) is 0.390. The lowest BCUT2D eigenvalue weighted by Gasteiger charge is -2.21. The molecule has 0 fully saturated rings. The van der Waals surface area contributed by atoms with Crippen molar-refractivity contribution in [1.82, 2.24) is 5.32 Å². The zero-order valence-corrected chi connectivity index (χ0v) is 14.4. The third-order valence-corrected chi connectivity index (χ3v) is 4.29. The van der Waals surface area contributed by atoms with E-state index in [2.05, 4.69) is 18.3 Å². The molecule has 0 bridgehead atoms. The van der Waals surface area contributed by atoms with Crippen LogP contribution in [0.5, 0.6) is 11.5 Å². The summed E-state index contributed by atoms with van der Waals surface area (Å²) in [6.45, 7) is 7.21. The Hall–Kier alpha value is -2.49. The van der Waals surface area contributed by atoms with Gasteiger partial charge in [0.2, 0.25) is 5.91 Å². The average Bonchev–Trinajstić information content (AvgIpc) is 2.57. The van der Waals surface area contributed by atoms with Crippen molar-refractivity contribution in [2.24, 2.45) is 0 Å². The fourth-order valence-corrected chi connectivity index (χ4v) is 2.92. The van der Waals surface area contributed by atoms with E-state index in [4.69, 9.17) is 9.47 Å². The molecule has 0 aromatic heterocycles. The van der Waals surface area contributed by atoms with Gasteiger partial charge in [-0.25, -0.2) is 0 Å². The van der Waals surface area contributed by atoms with Crippen LogP contribution >= 0.6 is 0 Å². The number of nitrogens with one attached hydrogen (secondary N) is 1. The van der Waals surface area contributed by atoms with E-state index in [9.17, 15) is 4.79 Å². The number of ether oxygens (including phenoxy) is 2. The van der Waals surface area contributed by atoms with Crippen molar-refractivity contribution in [3.63, 3.8) is 0 Å². The molecule has 0 aliphatic carbocycles. The van der Waals surface area contributed by atoms with Crippen LogP contribution in [0.15, 0.2) is 36.4 Å². The Morgan fingerprint density at radius 1 is 1.08 bits per heavy atom. The van der Waals surface area contributed by atoms with Gasteiger partial charge in [0.25, 0.3) is 0 Å². The van der Waals surface area contributed by atoms with E-state index >= 15 is 0 Å². The van der Waals surface area contributed by atoms with Crippen LogP contribution in [-0.2, 0) is 11.2 Å². The molecule has 2 aromatic rings. The molecule has 0 spiro atoms. The summed E-state index contributed by atoms with van der Waals surface area (Å²) >= 11 is 0. The van der Waals surface area contributed by atoms with Crippen molar-refractivity contribution in [3.05, 3.63) is 58.7 Å². The lowest BCUT2D eigenvalue weighted by molar-refractivity contribution is -0.121. The molecule has 0 radical (unpaired) electrons. The van der Waals surface area contributed by atoms with Gasteiger partial charge < -0.3 is 14.8 Å². The molecule has 1 aliphatic heterocycles. The van der Waals surface area contributed by atoms with Gasteiger partial charge in [0.15, 0.2) is 11.5 Å². The Morgan fingerprint density at radius 3 is 2.58 bits per heavy atom. The van der Waals surface area contributed by atoms with Gasteiger partial charge in [-0.05, 0) is 49.6 Å². The largest absolute Gasteiger partial charge is 0.486 e. The lowest BCUT2D eigenvalue weighted by Crippen LogP contribution is -2.28. The van der Waals surface area contributed by atoms with E-state index in [1.165, 1.54) is 5.56 Å². The van der Waals surface area contributed by atoms with Crippen LogP contribution in [-0.4, -0.2) is 19.1 Å². The first-order chi connectivity index (χ1) is 11.5. The molecule has 2 aromatic carbocycles. The molecule has 4 nitrogen and oxygen atoms in total. The Kier molecular flexibility index (Phi) is 4.74. The van der Waals surface area contributed by atoms with Crippen LogP contribution in [0.4, 0.5) is 0 Å². The van der Waals surface area contributed by atoms with Crippen LogP contribution in [0.3, 0.4) is 0 Å². The molecule has 1 atom stereocenters. The van der Waals surface area contributed by atoms with Gasteiger partial charge in [-0.3, -0.25) is 4.79 Å². The first kappa shape index (κ1) is 16.4. The Bertz CT molecular complexity index is 755. The molecule has 1 N–H and O–H groups in total. The number of hydrogen-bond donors (Lipinski definition) is 1. The molecule has 24 heavy (non-hydrogen) atoms. The van der Waals surface area contributed by atoms with Crippen LogP contribution in [0, 0.1) is 13.8 Å². The highest BCUT2D eigenvalue weighted by molar-refractivity contribution is 5.79. The van der Waals surface area contributed by atoms with Crippen molar-refractivity contribution < 1.29 is 14.3 Å². The zero-order chi connectivity index (χ0) is 17.1. The molecular weight excluding hydrogens is 302 g/mol. The quantitative estimate of drug-likeness (QED) is 0.936. The zero-order valence-electron chi connectivity index (χ0n) is 14.4. The van der Waals surface area contributed by atoms with Crippen LogP contribution < -0.4 is 14.8 Å². The minimum Gasteiger partial charge on any atom is -0.486 e. The number of carbonyl (C=O) groups excluding carboxylic acids is 1. The molecule has 3 rings (SSSR count). The number of carbonyl (C=O) groups is 1. The number of amides is 1.